The number of rotatable bonds is 7. The van der Waals surface area contributed by atoms with Crippen LogP contribution in [0.1, 0.15) is 72.8 Å². The van der Waals surface area contributed by atoms with E-state index < -0.39 is 90.0 Å². The highest BCUT2D eigenvalue weighted by atomic mass is 19.4. The molecule has 1 aliphatic heterocycles. The van der Waals surface area contributed by atoms with Gasteiger partial charge in [-0.1, -0.05) is 0 Å². The molecule has 4 rings (SSSR count). The Morgan fingerprint density at radius 1 is 0.872 bits per heavy atom. The van der Waals surface area contributed by atoms with Crippen LogP contribution in [0.4, 0.5) is 50.0 Å². The van der Waals surface area contributed by atoms with Gasteiger partial charge in [0.25, 0.3) is 0 Å². The molecule has 2 unspecified atom stereocenters. The van der Waals surface area contributed by atoms with Gasteiger partial charge in [-0.15, -0.1) is 0 Å². The standard InChI is InChI=1S/C31H33F9N2O5/c1-16-24(15-41(28(46)47-2)14-18-9-21(30(35,36)37)12-22(10-18)31(38,39)40)23-13-20(29(32,33)34)7-8-25(23)42(16)27(45)19-5-3-17(4-6-19)11-26(43)44/h7-10,12-13,16-17,19,24,26,43-44H,3-6,11,14-15H2,1-2H3. The molecule has 2 N–H and O–H groups in total. The van der Waals surface area contributed by atoms with E-state index in [-0.39, 0.29) is 29.7 Å². The number of nitrogens with zero attached hydrogens (tertiary/aromatic N) is 2. The van der Waals surface area contributed by atoms with Crippen LogP contribution in [0.5, 0.6) is 0 Å². The van der Waals surface area contributed by atoms with E-state index in [4.69, 9.17) is 4.74 Å². The minimum atomic E-state index is -5.16. The van der Waals surface area contributed by atoms with Crippen molar-refractivity contribution in [3.05, 3.63) is 64.2 Å². The Labute approximate surface area is 263 Å². The molecule has 1 fully saturated rings. The first-order chi connectivity index (χ1) is 21.7. The molecule has 0 radical (unpaired) electrons. The molecule has 2 aromatic rings. The number of hydrogen-bond acceptors (Lipinski definition) is 5. The molecule has 1 aliphatic carbocycles. The monoisotopic (exact) mass is 684 g/mol. The van der Waals surface area contributed by atoms with Gasteiger partial charge in [0.15, 0.2) is 6.29 Å². The average Bonchev–Trinajstić information content (AvgIpc) is 3.24. The van der Waals surface area contributed by atoms with E-state index >= 15 is 0 Å². The van der Waals surface area contributed by atoms with Crippen molar-refractivity contribution < 1.29 is 64.1 Å². The Kier molecular flexibility index (Phi) is 10.5. The molecule has 7 nitrogen and oxygen atoms in total. The minimum absolute atomic E-state index is 0.0201. The zero-order chi connectivity index (χ0) is 35.1. The van der Waals surface area contributed by atoms with Crippen LogP contribution in [0.25, 0.3) is 0 Å². The lowest BCUT2D eigenvalue weighted by Gasteiger charge is -2.34. The third-order valence-electron chi connectivity index (χ3n) is 8.85. The molecule has 1 heterocycles. The van der Waals surface area contributed by atoms with Crippen LogP contribution in [0.2, 0.25) is 0 Å². The lowest BCUT2D eigenvalue weighted by molar-refractivity contribution is -0.143. The Balaban J connectivity index is 1.69. The van der Waals surface area contributed by atoms with Crippen LogP contribution in [-0.4, -0.2) is 53.1 Å². The second-order valence-corrected chi connectivity index (χ2v) is 12.0. The number of halogens is 9. The highest BCUT2D eigenvalue weighted by Crippen LogP contribution is 2.46. The number of methoxy groups -OCH3 is 1. The van der Waals surface area contributed by atoms with Crippen molar-refractivity contribution in [1.29, 1.82) is 0 Å². The van der Waals surface area contributed by atoms with Crippen LogP contribution in [0.15, 0.2) is 36.4 Å². The van der Waals surface area contributed by atoms with Crippen LogP contribution in [0, 0.1) is 11.8 Å². The molecule has 0 aromatic heterocycles. The molecule has 1 saturated carbocycles. The van der Waals surface area contributed by atoms with Gasteiger partial charge in [0, 0.05) is 43.1 Å². The van der Waals surface area contributed by atoms with Gasteiger partial charge < -0.3 is 24.7 Å². The Morgan fingerprint density at radius 2 is 1.43 bits per heavy atom. The van der Waals surface area contributed by atoms with Gasteiger partial charge in [0.1, 0.15) is 0 Å². The van der Waals surface area contributed by atoms with Gasteiger partial charge in [0.05, 0.1) is 23.8 Å². The van der Waals surface area contributed by atoms with Crippen molar-refractivity contribution in [2.45, 2.75) is 82.4 Å². The van der Waals surface area contributed by atoms with Gasteiger partial charge in [-0.3, -0.25) is 4.79 Å². The smallest absolute Gasteiger partial charge is 0.416 e. The maximum absolute atomic E-state index is 13.8. The number of carbonyl (C=O) groups excluding carboxylic acids is 2. The second-order valence-electron chi connectivity index (χ2n) is 12.0. The Hall–Kier alpha value is -3.53. The van der Waals surface area contributed by atoms with Crippen molar-refractivity contribution >= 4 is 17.7 Å². The van der Waals surface area contributed by atoms with Crippen LogP contribution >= 0.6 is 0 Å². The maximum atomic E-state index is 13.8. The lowest BCUT2D eigenvalue weighted by atomic mass is 9.79. The number of alkyl halides is 9. The van der Waals surface area contributed by atoms with Gasteiger partial charge in [0.2, 0.25) is 5.91 Å². The van der Waals surface area contributed by atoms with E-state index in [1.165, 1.54) is 11.8 Å². The number of fused-ring (bicyclic) bond motifs is 1. The first-order valence-corrected chi connectivity index (χ1v) is 14.7. The molecule has 2 atom stereocenters. The van der Waals surface area contributed by atoms with Crippen LogP contribution in [0.3, 0.4) is 0 Å². The molecule has 0 bridgehead atoms. The summed E-state index contributed by atoms with van der Waals surface area (Å²) >= 11 is 0. The molecule has 2 aromatic carbocycles. The lowest BCUT2D eigenvalue weighted by Crippen LogP contribution is -2.44. The van der Waals surface area contributed by atoms with Gasteiger partial charge in [-0.25, -0.2) is 4.79 Å². The summed E-state index contributed by atoms with van der Waals surface area (Å²) in [6, 6.07) is 2.70. The zero-order valence-electron chi connectivity index (χ0n) is 25.2. The number of benzene rings is 2. The summed E-state index contributed by atoms with van der Waals surface area (Å²) in [4.78, 5) is 28.8. The molecular formula is C31H33F9N2O5. The third-order valence-corrected chi connectivity index (χ3v) is 8.85. The topological polar surface area (TPSA) is 90.3 Å². The number of amides is 2. The molecule has 0 spiro atoms. The summed E-state index contributed by atoms with van der Waals surface area (Å²) in [6.45, 7) is 0.210. The largest absolute Gasteiger partial charge is 0.453 e. The summed E-state index contributed by atoms with van der Waals surface area (Å²) in [5, 5.41) is 18.6. The third kappa shape index (κ3) is 8.31. The van der Waals surface area contributed by atoms with Crippen molar-refractivity contribution in [2.75, 3.05) is 18.6 Å². The van der Waals surface area contributed by atoms with E-state index in [1.54, 1.807) is 0 Å². The quantitative estimate of drug-likeness (QED) is 0.236. The van der Waals surface area contributed by atoms with Gasteiger partial charge >= 0.3 is 24.6 Å². The molecule has 2 aliphatic rings. The Bertz CT molecular complexity index is 1420. The van der Waals surface area contributed by atoms with Crippen molar-refractivity contribution in [2.24, 2.45) is 11.8 Å². The van der Waals surface area contributed by atoms with Gasteiger partial charge in [-0.2, -0.15) is 39.5 Å². The van der Waals surface area contributed by atoms with Crippen LogP contribution in [-0.2, 0) is 34.6 Å². The minimum Gasteiger partial charge on any atom is -0.453 e. The number of hydrogen-bond donors (Lipinski definition) is 2. The SMILES string of the molecule is COC(=O)N(Cc1cc(C(F)(F)F)cc(C(F)(F)F)c1)CC1c2cc(C(F)(F)F)ccc2N(C(=O)C2CCC(CC(O)O)CC2)C1C. The summed E-state index contributed by atoms with van der Waals surface area (Å²) in [6.07, 6.45) is -15.9. The average molecular weight is 685 g/mol. The number of aliphatic hydroxyl groups is 2. The summed E-state index contributed by atoms with van der Waals surface area (Å²) < 4.78 is 127. The molecule has 0 saturated heterocycles. The normalized spacial score (nSPS) is 22.0. The first-order valence-electron chi connectivity index (χ1n) is 14.7. The van der Waals surface area contributed by atoms with Crippen molar-refractivity contribution in [3.63, 3.8) is 0 Å². The first kappa shape index (κ1) is 36.3. The fraction of sp³-hybridized carbons (Fsp3) is 0.548. The fourth-order valence-electron chi connectivity index (χ4n) is 6.52. The molecule has 2 amide bonds. The van der Waals surface area contributed by atoms with E-state index in [1.807, 2.05) is 0 Å². The Morgan fingerprint density at radius 3 is 1.91 bits per heavy atom. The predicted molar refractivity (Wildman–Crippen MR) is 149 cm³/mol. The number of carbonyl (C=O) groups is 2. The van der Waals surface area contributed by atoms with E-state index in [9.17, 15) is 59.3 Å². The van der Waals surface area contributed by atoms with E-state index in [0.717, 1.165) is 30.2 Å². The second kappa shape index (κ2) is 13.5. The molecular weight excluding hydrogens is 651 g/mol. The summed E-state index contributed by atoms with van der Waals surface area (Å²) in [5.41, 5.74) is -4.67. The molecule has 47 heavy (non-hydrogen) atoms. The number of aliphatic hydroxyl groups excluding tert-OH is 1. The number of ether oxygens (including phenoxy) is 1. The molecule has 260 valence electrons. The van der Waals surface area contributed by atoms with Crippen molar-refractivity contribution in [3.8, 4) is 0 Å². The summed E-state index contributed by atoms with van der Waals surface area (Å²) in [7, 11) is 0.929. The highest BCUT2D eigenvalue weighted by molar-refractivity contribution is 5.98. The van der Waals surface area contributed by atoms with E-state index in [2.05, 4.69) is 0 Å². The van der Waals surface area contributed by atoms with Gasteiger partial charge in [-0.05, 0) is 86.1 Å². The van der Waals surface area contributed by atoms with Crippen LogP contribution < -0.4 is 4.90 Å². The van der Waals surface area contributed by atoms with E-state index in [0.29, 0.717) is 37.8 Å². The summed E-state index contributed by atoms with van der Waals surface area (Å²) in [5.74, 6) is -2.02. The predicted octanol–water partition coefficient (Wildman–Crippen LogP) is 7.34. The highest BCUT2D eigenvalue weighted by Gasteiger charge is 2.45. The number of anilines is 1. The maximum Gasteiger partial charge on any atom is 0.416 e. The zero-order valence-corrected chi connectivity index (χ0v) is 25.2. The van der Waals surface area contributed by atoms with Crippen molar-refractivity contribution in [1.82, 2.24) is 4.90 Å². The fourth-order valence-corrected chi connectivity index (χ4v) is 6.52. The molecule has 16 heteroatoms.